The van der Waals surface area contributed by atoms with Crippen LogP contribution in [-0.4, -0.2) is 56.0 Å². The van der Waals surface area contributed by atoms with E-state index >= 15 is 0 Å². The summed E-state index contributed by atoms with van der Waals surface area (Å²) in [5, 5.41) is 5.88. The van der Waals surface area contributed by atoms with Gasteiger partial charge in [0.25, 0.3) is 5.91 Å². The Morgan fingerprint density at radius 1 is 1.12 bits per heavy atom. The van der Waals surface area contributed by atoms with Crippen molar-refractivity contribution in [3.8, 4) is 5.75 Å². The first-order valence-electron chi connectivity index (χ1n) is 10.9. The zero-order chi connectivity index (χ0) is 23.8. The summed E-state index contributed by atoms with van der Waals surface area (Å²) in [6, 6.07) is 12.1. The number of thiocarbonyl (C=S) groups is 1. The van der Waals surface area contributed by atoms with Gasteiger partial charge in [-0.3, -0.25) is 10.1 Å². The highest BCUT2D eigenvalue weighted by Crippen LogP contribution is 2.28. The number of amides is 1. The molecule has 2 N–H and O–H groups in total. The van der Waals surface area contributed by atoms with Crippen molar-refractivity contribution in [3.63, 3.8) is 0 Å². The van der Waals surface area contributed by atoms with Gasteiger partial charge in [0.05, 0.1) is 42.9 Å². The van der Waals surface area contributed by atoms with E-state index in [0.29, 0.717) is 48.9 Å². The van der Waals surface area contributed by atoms with Gasteiger partial charge in [0, 0.05) is 18.7 Å². The maximum Gasteiger partial charge on any atom is 0.338 e. The number of esters is 1. The number of hydrogen-bond donors (Lipinski definition) is 2. The molecule has 1 aliphatic rings. The van der Waals surface area contributed by atoms with Gasteiger partial charge >= 0.3 is 5.97 Å². The van der Waals surface area contributed by atoms with Crippen molar-refractivity contribution < 1.29 is 23.8 Å². The van der Waals surface area contributed by atoms with E-state index in [4.69, 9.17) is 26.4 Å². The first-order valence-corrected chi connectivity index (χ1v) is 11.3. The van der Waals surface area contributed by atoms with Crippen LogP contribution >= 0.6 is 12.2 Å². The van der Waals surface area contributed by atoms with Gasteiger partial charge in [-0.25, -0.2) is 4.79 Å². The van der Waals surface area contributed by atoms with E-state index in [-0.39, 0.29) is 23.7 Å². The van der Waals surface area contributed by atoms with Crippen LogP contribution in [0.3, 0.4) is 0 Å². The van der Waals surface area contributed by atoms with Crippen LogP contribution in [0.1, 0.15) is 41.5 Å². The van der Waals surface area contributed by atoms with Crippen molar-refractivity contribution >= 4 is 40.6 Å². The Balaban J connectivity index is 1.77. The number of rotatable bonds is 7. The van der Waals surface area contributed by atoms with Crippen LogP contribution < -0.4 is 20.3 Å². The second-order valence-electron chi connectivity index (χ2n) is 7.65. The van der Waals surface area contributed by atoms with Crippen LogP contribution in [0.4, 0.5) is 11.4 Å². The third kappa shape index (κ3) is 6.90. The lowest BCUT2D eigenvalue weighted by molar-refractivity contribution is 0.0526. The molecule has 0 unspecified atom stereocenters. The highest BCUT2D eigenvalue weighted by atomic mass is 32.1. The van der Waals surface area contributed by atoms with Crippen molar-refractivity contribution in [3.05, 3.63) is 53.6 Å². The third-order valence-corrected chi connectivity index (χ3v) is 5.01. The maximum atomic E-state index is 12.7. The van der Waals surface area contributed by atoms with E-state index in [0.717, 1.165) is 5.69 Å². The Bertz CT molecular complexity index is 1010. The standard InChI is InChI=1S/C24H29N3O5S/c1-4-31-23(29)18-8-9-21(27-10-12-30-13-11-27)20(15-18)25-24(33)26-22(28)17-6-5-7-19(14-17)32-16(2)3/h5-9,14-16H,4,10-13H2,1-3H3,(H2,25,26,28,33). The molecule has 0 saturated carbocycles. The van der Waals surface area contributed by atoms with Crippen LogP contribution in [0.25, 0.3) is 0 Å². The summed E-state index contributed by atoms with van der Waals surface area (Å²) in [7, 11) is 0. The SMILES string of the molecule is CCOC(=O)c1ccc(N2CCOCC2)c(NC(=S)NC(=O)c2cccc(OC(C)C)c2)c1. The summed E-state index contributed by atoms with van der Waals surface area (Å²) in [6.07, 6.45) is -0.00339. The normalized spacial score (nSPS) is 13.4. The quantitative estimate of drug-likeness (QED) is 0.468. The fraction of sp³-hybridized carbons (Fsp3) is 0.375. The van der Waals surface area contributed by atoms with E-state index in [1.54, 1.807) is 43.3 Å². The minimum Gasteiger partial charge on any atom is -0.491 e. The van der Waals surface area contributed by atoms with E-state index in [1.165, 1.54) is 0 Å². The lowest BCUT2D eigenvalue weighted by Gasteiger charge is -2.31. The predicted molar refractivity (Wildman–Crippen MR) is 131 cm³/mol. The lowest BCUT2D eigenvalue weighted by Crippen LogP contribution is -2.38. The number of morpholine rings is 1. The van der Waals surface area contributed by atoms with Gasteiger partial charge in [0.1, 0.15) is 5.75 Å². The number of nitrogens with zero attached hydrogens (tertiary/aromatic N) is 1. The summed E-state index contributed by atoms with van der Waals surface area (Å²) < 4.78 is 16.2. The number of ether oxygens (including phenoxy) is 3. The molecule has 9 heteroatoms. The Kier molecular flexibility index (Phi) is 8.62. The first-order chi connectivity index (χ1) is 15.9. The molecule has 1 amide bonds. The molecule has 0 bridgehead atoms. The van der Waals surface area contributed by atoms with Crippen molar-refractivity contribution in [1.82, 2.24) is 5.32 Å². The van der Waals surface area contributed by atoms with Crippen molar-refractivity contribution in [1.29, 1.82) is 0 Å². The molecule has 8 nitrogen and oxygen atoms in total. The van der Waals surface area contributed by atoms with Gasteiger partial charge < -0.3 is 24.4 Å². The van der Waals surface area contributed by atoms with Gasteiger partial charge in [-0.15, -0.1) is 0 Å². The minimum absolute atomic E-state index is 0.00339. The molecule has 2 aromatic rings. The van der Waals surface area contributed by atoms with Crippen molar-refractivity contribution in [2.24, 2.45) is 0 Å². The van der Waals surface area contributed by atoms with Crippen LogP contribution in [0.15, 0.2) is 42.5 Å². The molecule has 33 heavy (non-hydrogen) atoms. The molecule has 0 aromatic heterocycles. The van der Waals surface area contributed by atoms with E-state index in [9.17, 15) is 9.59 Å². The van der Waals surface area contributed by atoms with Gasteiger partial charge in [-0.05, 0) is 69.4 Å². The molecule has 2 aromatic carbocycles. The molecule has 0 spiro atoms. The van der Waals surface area contributed by atoms with Crippen LogP contribution in [0, 0.1) is 0 Å². The highest BCUT2D eigenvalue weighted by Gasteiger charge is 2.19. The average Bonchev–Trinajstić information content (AvgIpc) is 2.79. The molecule has 1 fully saturated rings. The van der Waals surface area contributed by atoms with E-state index in [2.05, 4.69) is 15.5 Å². The molecule has 0 radical (unpaired) electrons. The fourth-order valence-corrected chi connectivity index (χ4v) is 3.57. The molecule has 0 atom stereocenters. The Hall–Kier alpha value is -3.17. The number of hydrogen-bond acceptors (Lipinski definition) is 7. The monoisotopic (exact) mass is 471 g/mol. The number of benzene rings is 2. The summed E-state index contributed by atoms with van der Waals surface area (Å²) in [5.41, 5.74) is 2.27. The third-order valence-electron chi connectivity index (χ3n) is 4.80. The summed E-state index contributed by atoms with van der Waals surface area (Å²) >= 11 is 5.40. The van der Waals surface area contributed by atoms with E-state index in [1.807, 2.05) is 19.9 Å². The number of carbonyl (C=O) groups is 2. The number of carbonyl (C=O) groups excluding carboxylic acids is 2. The van der Waals surface area contributed by atoms with Gasteiger partial charge in [0.2, 0.25) is 0 Å². The van der Waals surface area contributed by atoms with Gasteiger partial charge in [0.15, 0.2) is 5.11 Å². The smallest absolute Gasteiger partial charge is 0.338 e. The van der Waals surface area contributed by atoms with Crippen molar-refractivity contribution in [2.75, 3.05) is 43.1 Å². The topological polar surface area (TPSA) is 89.1 Å². The molecule has 1 saturated heterocycles. The Labute approximate surface area is 199 Å². The second-order valence-corrected chi connectivity index (χ2v) is 8.06. The zero-order valence-corrected chi connectivity index (χ0v) is 19.9. The maximum absolute atomic E-state index is 12.7. The largest absolute Gasteiger partial charge is 0.491 e. The summed E-state index contributed by atoms with van der Waals surface area (Å²) in [4.78, 5) is 27.1. The van der Waals surface area contributed by atoms with Gasteiger partial charge in [-0.2, -0.15) is 0 Å². The average molecular weight is 472 g/mol. The van der Waals surface area contributed by atoms with Crippen molar-refractivity contribution in [2.45, 2.75) is 26.9 Å². The highest BCUT2D eigenvalue weighted by molar-refractivity contribution is 7.80. The van der Waals surface area contributed by atoms with Crippen LogP contribution in [0.5, 0.6) is 5.75 Å². The summed E-state index contributed by atoms with van der Waals surface area (Å²) in [5.74, 6) is -0.185. The minimum atomic E-state index is -0.425. The molecule has 3 rings (SSSR count). The Morgan fingerprint density at radius 2 is 1.88 bits per heavy atom. The summed E-state index contributed by atoms with van der Waals surface area (Å²) in [6.45, 7) is 8.49. The van der Waals surface area contributed by atoms with Crippen LogP contribution in [-0.2, 0) is 9.47 Å². The number of anilines is 2. The molecular formula is C24H29N3O5S. The van der Waals surface area contributed by atoms with Gasteiger partial charge in [-0.1, -0.05) is 6.07 Å². The molecular weight excluding hydrogens is 442 g/mol. The molecule has 176 valence electrons. The second kappa shape index (κ2) is 11.6. The van der Waals surface area contributed by atoms with Crippen LogP contribution in [0.2, 0.25) is 0 Å². The molecule has 1 aliphatic heterocycles. The molecule has 0 aliphatic carbocycles. The number of nitrogens with one attached hydrogen (secondary N) is 2. The Morgan fingerprint density at radius 3 is 2.58 bits per heavy atom. The zero-order valence-electron chi connectivity index (χ0n) is 19.1. The lowest BCUT2D eigenvalue weighted by atomic mass is 10.1. The molecule has 1 heterocycles. The fourth-order valence-electron chi connectivity index (χ4n) is 3.37. The van der Waals surface area contributed by atoms with E-state index < -0.39 is 5.97 Å². The first kappa shape index (κ1) is 24.5. The predicted octanol–water partition coefficient (Wildman–Crippen LogP) is 3.61.